The summed E-state index contributed by atoms with van der Waals surface area (Å²) in [6, 6.07) is 24.7. The number of anilines is 1. The van der Waals surface area contributed by atoms with Crippen LogP contribution in [0.1, 0.15) is 22.1 Å². The number of amidine groups is 1. The predicted molar refractivity (Wildman–Crippen MR) is 172 cm³/mol. The maximum absolute atomic E-state index is 13.0. The van der Waals surface area contributed by atoms with Gasteiger partial charge in [0.15, 0.2) is 6.10 Å². The van der Waals surface area contributed by atoms with Crippen molar-refractivity contribution in [3.05, 3.63) is 94.9 Å². The molecule has 1 unspecified atom stereocenters. The Morgan fingerprint density at radius 3 is 2.36 bits per heavy atom. The average Bonchev–Trinajstić information content (AvgIpc) is 3.48. The summed E-state index contributed by atoms with van der Waals surface area (Å²) in [7, 11) is 0. The number of nitrogen functional groups attached to an aromatic ring is 1. The lowest BCUT2D eigenvalue weighted by Gasteiger charge is -2.34. The number of aliphatic carboxylic acids is 1. The molecule has 0 aliphatic carbocycles. The molecule has 1 amide bonds. The van der Waals surface area contributed by atoms with Gasteiger partial charge in [-0.25, -0.2) is 4.79 Å². The number of piperazine rings is 1. The van der Waals surface area contributed by atoms with E-state index in [9.17, 15) is 9.59 Å². The van der Waals surface area contributed by atoms with E-state index in [4.69, 9.17) is 35.6 Å². The second kappa shape index (κ2) is 16.2. The van der Waals surface area contributed by atoms with Crippen molar-refractivity contribution in [1.29, 1.82) is 5.41 Å². The largest absolute Gasteiger partial charge is 0.483 e. The van der Waals surface area contributed by atoms with E-state index in [1.165, 1.54) is 11.3 Å². The number of ether oxygens (including phenoxy) is 2. The Bertz CT molecular complexity index is 1610. The van der Waals surface area contributed by atoms with Gasteiger partial charge in [0.1, 0.15) is 18.2 Å². The molecule has 1 aliphatic rings. The number of fused-ring (bicyclic) bond motifs is 1. The third-order valence-corrected chi connectivity index (χ3v) is 8.20. The summed E-state index contributed by atoms with van der Waals surface area (Å²) in [5.74, 6) is -0.201. The minimum absolute atomic E-state index is 0.00231. The van der Waals surface area contributed by atoms with E-state index in [0.29, 0.717) is 35.9 Å². The summed E-state index contributed by atoms with van der Waals surface area (Å²) in [5.41, 5.74) is 8.17. The number of amides is 1. The maximum Gasteiger partial charge on any atom is 0.411 e. The summed E-state index contributed by atoms with van der Waals surface area (Å²) in [6.07, 6.45) is -1.16. The molecule has 5 rings (SSSR count). The molecule has 45 heavy (non-hydrogen) atoms. The molecule has 236 valence electrons. The molecule has 1 saturated heterocycles. The number of nitrogens with two attached hydrogens (primary N) is 1. The van der Waals surface area contributed by atoms with Crippen LogP contribution in [-0.2, 0) is 20.9 Å². The van der Waals surface area contributed by atoms with Gasteiger partial charge in [-0.15, -0.1) is 11.3 Å². The number of carbonyl (C=O) groups is 3. The average molecular weight is 634 g/mol. The second-order valence-corrected chi connectivity index (χ2v) is 11.2. The van der Waals surface area contributed by atoms with E-state index in [1.807, 2.05) is 83.8 Å². The van der Waals surface area contributed by atoms with Crippen molar-refractivity contribution in [2.45, 2.75) is 12.6 Å². The Hall–Kier alpha value is -4.98. The number of nitrogens with zero attached hydrogens (tertiary/aromatic N) is 2. The van der Waals surface area contributed by atoms with E-state index in [2.05, 4.69) is 10.2 Å². The molecule has 2 heterocycles. The smallest absolute Gasteiger partial charge is 0.411 e. The van der Waals surface area contributed by atoms with E-state index in [-0.39, 0.29) is 25.5 Å². The number of hydrogen-bond donors (Lipinski definition) is 5. The van der Waals surface area contributed by atoms with Gasteiger partial charge in [0.05, 0.1) is 11.4 Å². The van der Waals surface area contributed by atoms with Crippen LogP contribution in [0.4, 0.5) is 10.5 Å². The fourth-order valence-electron chi connectivity index (χ4n) is 4.90. The summed E-state index contributed by atoms with van der Waals surface area (Å²) in [5, 5.41) is 27.5. The highest BCUT2D eigenvalue weighted by Gasteiger charge is 2.21. The highest BCUT2D eigenvalue weighted by atomic mass is 32.1. The summed E-state index contributed by atoms with van der Waals surface area (Å²) in [6.45, 7) is 3.25. The molecule has 13 heteroatoms. The van der Waals surface area contributed by atoms with Gasteiger partial charge in [-0.2, -0.15) is 0 Å². The summed E-state index contributed by atoms with van der Waals surface area (Å²) in [4.78, 5) is 37.2. The number of carboxylic acid groups (broad SMARTS) is 2. The Kier molecular flexibility index (Phi) is 11.8. The van der Waals surface area contributed by atoms with Gasteiger partial charge < -0.3 is 25.4 Å². The number of benzene rings is 3. The quantitative estimate of drug-likeness (QED) is 0.0900. The molecule has 3 aromatic carbocycles. The minimum Gasteiger partial charge on any atom is -0.483 e. The van der Waals surface area contributed by atoms with Gasteiger partial charge >= 0.3 is 12.1 Å². The number of rotatable bonds is 11. The van der Waals surface area contributed by atoms with Gasteiger partial charge in [-0.05, 0) is 35.4 Å². The zero-order valence-corrected chi connectivity index (χ0v) is 25.2. The number of nitrogens with one attached hydrogen (secondary N) is 2. The molecule has 6 N–H and O–H groups in total. The van der Waals surface area contributed by atoms with Crippen LogP contribution >= 0.6 is 11.3 Å². The third-order valence-electron chi connectivity index (χ3n) is 7.07. The highest BCUT2D eigenvalue weighted by molar-refractivity contribution is 7.20. The van der Waals surface area contributed by atoms with Crippen LogP contribution in [0.25, 0.3) is 10.1 Å². The molecule has 0 bridgehead atoms. The zero-order chi connectivity index (χ0) is 32.2. The fraction of sp³-hybridized carbons (Fsp3) is 0.250. The van der Waals surface area contributed by atoms with Crippen molar-refractivity contribution in [3.8, 4) is 5.75 Å². The Morgan fingerprint density at radius 1 is 1.00 bits per heavy atom. The zero-order valence-electron chi connectivity index (χ0n) is 24.4. The lowest BCUT2D eigenvalue weighted by atomic mass is 10.1. The van der Waals surface area contributed by atoms with Crippen LogP contribution in [0.5, 0.6) is 5.75 Å². The van der Waals surface area contributed by atoms with Crippen LogP contribution in [0, 0.1) is 5.41 Å². The Morgan fingerprint density at radius 2 is 1.67 bits per heavy atom. The van der Waals surface area contributed by atoms with Gasteiger partial charge in [-0.1, -0.05) is 54.6 Å². The molecular weight excluding hydrogens is 598 g/mol. The molecule has 0 saturated carbocycles. The predicted octanol–water partition coefficient (Wildman–Crippen LogP) is 4.46. The van der Waals surface area contributed by atoms with E-state index >= 15 is 0 Å². The van der Waals surface area contributed by atoms with E-state index < -0.39 is 18.2 Å². The van der Waals surface area contributed by atoms with Gasteiger partial charge in [-0.3, -0.25) is 30.1 Å². The van der Waals surface area contributed by atoms with Crippen LogP contribution in [0.15, 0.2) is 78.9 Å². The molecular formula is C32H35N5O7S. The van der Waals surface area contributed by atoms with Crippen LogP contribution in [0.2, 0.25) is 0 Å². The standard InChI is InChI=1S/C31H33N5O5S.CH2O2/c32-30(33)28-17-23-25(11-6-12-27(23)42-28)41-26(21-7-2-1-3-8-21)20-40-31(39)34-24-10-5-4-9-22(24)18-35-13-15-36(16-14-35)19-29(37)38;2-1-3/h1-12,17,26H,13-16,18-20H2,(H3,32,33)(H,34,39)(H,37,38);1H,(H,2,3). The Balaban J connectivity index is 0.00000148. The third kappa shape index (κ3) is 9.50. The molecule has 0 spiro atoms. The normalized spacial score (nSPS) is 14.0. The topological polar surface area (TPSA) is 179 Å². The SMILES string of the molecule is N=C(N)c1cc2c(OC(COC(=O)Nc3ccccc3CN3CCN(CC(=O)O)CC3)c3ccccc3)cccc2s1.O=CO. The maximum atomic E-state index is 13.0. The van der Waals surface area contributed by atoms with E-state index in [1.54, 1.807) is 0 Å². The second-order valence-electron chi connectivity index (χ2n) is 10.1. The molecule has 1 aromatic heterocycles. The molecule has 12 nitrogen and oxygen atoms in total. The summed E-state index contributed by atoms with van der Waals surface area (Å²) < 4.78 is 13.0. The van der Waals surface area contributed by atoms with Crippen LogP contribution in [0.3, 0.4) is 0 Å². The first-order valence-electron chi connectivity index (χ1n) is 14.1. The number of carboxylic acids is 1. The van der Waals surface area contributed by atoms with Crippen molar-refractivity contribution in [2.24, 2.45) is 5.73 Å². The lowest BCUT2D eigenvalue weighted by molar-refractivity contribution is -0.138. The Labute approximate surface area is 264 Å². The number of carbonyl (C=O) groups excluding carboxylic acids is 1. The number of para-hydroxylation sites is 1. The molecule has 0 radical (unpaired) electrons. The lowest BCUT2D eigenvalue weighted by Crippen LogP contribution is -2.47. The first kappa shape index (κ1) is 32.9. The molecule has 1 fully saturated rings. The minimum atomic E-state index is -0.818. The number of hydrogen-bond acceptors (Lipinski definition) is 9. The monoisotopic (exact) mass is 633 g/mol. The highest BCUT2D eigenvalue weighted by Crippen LogP contribution is 2.35. The van der Waals surface area contributed by atoms with Crippen molar-refractivity contribution in [3.63, 3.8) is 0 Å². The van der Waals surface area contributed by atoms with Crippen molar-refractivity contribution < 1.29 is 34.1 Å². The first-order valence-corrected chi connectivity index (χ1v) is 14.9. The van der Waals surface area contributed by atoms with Gasteiger partial charge in [0.2, 0.25) is 0 Å². The van der Waals surface area contributed by atoms with Gasteiger partial charge in [0.25, 0.3) is 6.47 Å². The van der Waals surface area contributed by atoms with E-state index in [0.717, 1.165) is 34.3 Å². The summed E-state index contributed by atoms with van der Waals surface area (Å²) >= 11 is 1.42. The molecule has 1 atom stereocenters. The molecule has 4 aromatic rings. The van der Waals surface area contributed by atoms with Crippen molar-refractivity contribution in [1.82, 2.24) is 9.80 Å². The number of thiophene rings is 1. The van der Waals surface area contributed by atoms with Crippen LogP contribution in [-0.4, -0.2) is 83.7 Å². The van der Waals surface area contributed by atoms with Crippen LogP contribution < -0.4 is 15.8 Å². The van der Waals surface area contributed by atoms with Gasteiger partial charge in [0, 0.05) is 48.5 Å². The first-order chi connectivity index (χ1) is 21.8. The fourth-order valence-corrected chi connectivity index (χ4v) is 5.84. The van der Waals surface area contributed by atoms with Crippen molar-refractivity contribution in [2.75, 3.05) is 44.6 Å². The van der Waals surface area contributed by atoms with Crippen molar-refractivity contribution >= 4 is 51.5 Å². The molecule has 1 aliphatic heterocycles.